The van der Waals surface area contributed by atoms with E-state index in [9.17, 15) is 23.9 Å². The summed E-state index contributed by atoms with van der Waals surface area (Å²) in [5, 5.41) is 18.0. The largest absolute Gasteiger partial charge is 0.481 e. The monoisotopic (exact) mass is 301 g/mol. The summed E-state index contributed by atoms with van der Waals surface area (Å²) in [4.78, 5) is 34.7. The number of aliphatic hydroxyl groups excluding tert-OH is 1. The Hall–Kier alpha value is -1.99. The van der Waals surface area contributed by atoms with Gasteiger partial charge in [-0.1, -0.05) is 11.6 Å². The number of amides is 1. The predicted molar refractivity (Wildman–Crippen MR) is 66.4 cm³/mol. The Morgan fingerprint density at radius 3 is 2.65 bits per heavy atom. The standard InChI is InChI=1S/C12H9ClFNO5/c13-6-1-2-7(14)10-9(6)11(19)12(20)15(10)4-5(16)3-8(17)18/h1-2,5,16H,3-4H2,(H,17,18). The van der Waals surface area contributed by atoms with Crippen LogP contribution in [0.25, 0.3) is 0 Å². The molecule has 0 saturated heterocycles. The van der Waals surface area contributed by atoms with Crippen LogP contribution in [0.5, 0.6) is 0 Å². The quantitative estimate of drug-likeness (QED) is 0.804. The molecule has 1 aliphatic heterocycles. The van der Waals surface area contributed by atoms with Gasteiger partial charge in [0.2, 0.25) is 0 Å². The normalized spacial score (nSPS) is 15.4. The van der Waals surface area contributed by atoms with Crippen LogP contribution < -0.4 is 4.90 Å². The molecule has 1 aromatic carbocycles. The van der Waals surface area contributed by atoms with E-state index in [1.54, 1.807) is 0 Å². The molecule has 8 heteroatoms. The van der Waals surface area contributed by atoms with E-state index in [0.29, 0.717) is 4.90 Å². The molecule has 1 heterocycles. The fraction of sp³-hybridized carbons (Fsp3) is 0.250. The van der Waals surface area contributed by atoms with Crippen LogP contribution in [0.3, 0.4) is 0 Å². The number of carbonyl (C=O) groups excluding carboxylic acids is 2. The minimum absolute atomic E-state index is 0.0741. The van der Waals surface area contributed by atoms with Crippen LogP contribution in [0.1, 0.15) is 16.8 Å². The minimum Gasteiger partial charge on any atom is -0.481 e. The van der Waals surface area contributed by atoms with E-state index in [1.165, 1.54) is 0 Å². The predicted octanol–water partition coefficient (Wildman–Crippen LogP) is 0.844. The van der Waals surface area contributed by atoms with Crippen LogP contribution in [0.15, 0.2) is 12.1 Å². The molecule has 0 fully saturated rings. The van der Waals surface area contributed by atoms with E-state index >= 15 is 0 Å². The number of anilines is 1. The van der Waals surface area contributed by atoms with Gasteiger partial charge in [-0.3, -0.25) is 19.3 Å². The van der Waals surface area contributed by atoms with Crippen molar-refractivity contribution in [3.63, 3.8) is 0 Å². The van der Waals surface area contributed by atoms with E-state index in [1.807, 2.05) is 0 Å². The Labute approximate surface area is 117 Å². The summed E-state index contributed by atoms with van der Waals surface area (Å²) < 4.78 is 13.8. The molecule has 1 atom stereocenters. The first kappa shape index (κ1) is 14.4. The molecule has 2 N–H and O–H groups in total. The molecule has 1 aromatic rings. The number of carboxylic acid groups (broad SMARTS) is 1. The Balaban J connectivity index is 2.38. The van der Waals surface area contributed by atoms with Crippen LogP contribution in [0.4, 0.5) is 10.1 Å². The van der Waals surface area contributed by atoms with Gasteiger partial charge >= 0.3 is 5.97 Å². The van der Waals surface area contributed by atoms with E-state index in [-0.39, 0.29) is 16.3 Å². The van der Waals surface area contributed by atoms with E-state index < -0.39 is 42.5 Å². The molecule has 0 radical (unpaired) electrons. The molecule has 1 aliphatic rings. The number of halogens is 2. The Morgan fingerprint density at radius 1 is 1.40 bits per heavy atom. The number of hydrogen-bond donors (Lipinski definition) is 2. The van der Waals surface area contributed by atoms with Gasteiger partial charge in [-0.05, 0) is 12.1 Å². The fourth-order valence-electron chi connectivity index (χ4n) is 2.00. The van der Waals surface area contributed by atoms with Crippen molar-refractivity contribution in [2.45, 2.75) is 12.5 Å². The lowest BCUT2D eigenvalue weighted by molar-refractivity contribution is -0.139. The van der Waals surface area contributed by atoms with E-state index in [2.05, 4.69) is 0 Å². The molecule has 0 saturated carbocycles. The first-order valence-corrected chi connectivity index (χ1v) is 5.94. The number of aliphatic hydroxyl groups is 1. The first-order chi connectivity index (χ1) is 9.32. The molecule has 0 aromatic heterocycles. The van der Waals surface area contributed by atoms with Gasteiger partial charge in [0, 0.05) is 0 Å². The topological polar surface area (TPSA) is 94.9 Å². The second-order valence-electron chi connectivity index (χ2n) is 4.25. The lowest BCUT2D eigenvalue weighted by Gasteiger charge is -2.19. The molecule has 6 nitrogen and oxygen atoms in total. The Bertz CT molecular complexity index is 618. The second-order valence-corrected chi connectivity index (χ2v) is 4.66. The van der Waals surface area contributed by atoms with Crippen molar-refractivity contribution < 1.29 is 29.0 Å². The van der Waals surface area contributed by atoms with Crippen molar-refractivity contribution in [2.75, 3.05) is 11.4 Å². The van der Waals surface area contributed by atoms with Crippen LogP contribution in [-0.2, 0) is 9.59 Å². The number of carboxylic acids is 1. The lowest BCUT2D eigenvalue weighted by Crippen LogP contribution is -2.37. The van der Waals surface area contributed by atoms with Gasteiger partial charge in [0.25, 0.3) is 11.7 Å². The third kappa shape index (κ3) is 2.37. The number of carbonyl (C=O) groups is 3. The molecule has 0 bridgehead atoms. The van der Waals surface area contributed by atoms with Crippen molar-refractivity contribution in [1.29, 1.82) is 0 Å². The molecular weight excluding hydrogens is 293 g/mol. The number of benzene rings is 1. The summed E-state index contributed by atoms with van der Waals surface area (Å²) in [6, 6.07) is 2.14. The van der Waals surface area contributed by atoms with Gasteiger partial charge in [-0.2, -0.15) is 0 Å². The first-order valence-electron chi connectivity index (χ1n) is 5.57. The van der Waals surface area contributed by atoms with Crippen molar-refractivity contribution in [1.82, 2.24) is 0 Å². The number of hydrogen-bond acceptors (Lipinski definition) is 4. The molecule has 1 amide bonds. The molecule has 2 rings (SSSR count). The summed E-state index contributed by atoms with van der Waals surface area (Å²) >= 11 is 5.76. The third-order valence-corrected chi connectivity index (χ3v) is 3.13. The molecule has 106 valence electrons. The summed E-state index contributed by atoms with van der Waals surface area (Å²) in [6.45, 7) is -0.499. The zero-order valence-electron chi connectivity index (χ0n) is 9.97. The summed E-state index contributed by atoms with van der Waals surface area (Å²) in [5.74, 6) is -4.14. The van der Waals surface area contributed by atoms with Gasteiger partial charge in [-0.25, -0.2) is 4.39 Å². The Kier molecular flexibility index (Phi) is 3.74. The average molecular weight is 302 g/mol. The van der Waals surface area contributed by atoms with Crippen LogP contribution in [0.2, 0.25) is 5.02 Å². The molecule has 1 unspecified atom stereocenters. The highest BCUT2D eigenvalue weighted by Crippen LogP contribution is 2.36. The zero-order valence-corrected chi connectivity index (χ0v) is 10.7. The van der Waals surface area contributed by atoms with E-state index in [4.69, 9.17) is 16.7 Å². The smallest absolute Gasteiger partial charge is 0.306 e. The fourth-order valence-corrected chi connectivity index (χ4v) is 2.24. The second kappa shape index (κ2) is 5.18. The average Bonchev–Trinajstić information content (AvgIpc) is 2.59. The van der Waals surface area contributed by atoms with Crippen LogP contribution >= 0.6 is 11.6 Å². The van der Waals surface area contributed by atoms with Gasteiger partial charge in [0.15, 0.2) is 0 Å². The highest BCUT2D eigenvalue weighted by Gasteiger charge is 2.40. The summed E-state index contributed by atoms with van der Waals surface area (Å²) in [5.41, 5.74) is -0.587. The van der Waals surface area contributed by atoms with Crippen LogP contribution in [0, 0.1) is 5.82 Å². The minimum atomic E-state index is -1.42. The van der Waals surface area contributed by atoms with Crippen molar-refractivity contribution >= 4 is 34.9 Å². The van der Waals surface area contributed by atoms with Crippen molar-refractivity contribution in [3.05, 3.63) is 28.5 Å². The highest BCUT2D eigenvalue weighted by molar-refractivity contribution is 6.55. The number of β-amino-alcohol motifs (C(OH)–C–C–N with tert-alkyl or cyclic N) is 1. The number of Topliss-reactive ketones (excluding diaryl/α,β-unsaturated/α-hetero) is 1. The summed E-state index contributed by atoms with van der Waals surface area (Å²) in [6.07, 6.45) is -2.05. The maximum atomic E-state index is 13.8. The molecule has 0 aliphatic carbocycles. The zero-order chi connectivity index (χ0) is 15.0. The number of ketones is 1. The van der Waals surface area contributed by atoms with Crippen molar-refractivity contribution in [3.8, 4) is 0 Å². The lowest BCUT2D eigenvalue weighted by atomic mass is 10.1. The Morgan fingerprint density at radius 2 is 2.05 bits per heavy atom. The van der Waals surface area contributed by atoms with Crippen molar-refractivity contribution in [2.24, 2.45) is 0 Å². The number of fused-ring (bicyclic) bond motifs is 1. The highest BCUT2D eigenvalue weighted by atomic mass is 35.5. The molecule has 0 spiro atoms. The molecule has 20 heavy (non-hydrogen) atoms. The number of aliphatic carboxylic acids is 1. The third-order valence-electron chi connectivity index (χ3n) is 2.82. The SMILES string of the molecule is O=C(O)CC(O)CN1C(=O)C(=O)c2c(Cl)ccc(F)c21. The van der Waals surface area contributed by atoms with Gasteiger partial charge in [0.05, 0.1) is 35.3 Å². The van der Waals surface area contributed by atoms with E-state index in [0.717, 1.165) is 12.1 Å². The van der Waals surface area contributed by atoms with Gasteiger partial charge < -0.3 is 10.2 Å². The summed E-state index contributed by atoms with van der Waals surface area (Å²) in [7, 11) is 0. The molecular formula is C12H9ClFNO5. The number of rotatable bonds is 4. The maximum absolute atomic E-state index is 13.8. The number of nitrogens with zero attached hydrogens (tertiary/aromatic N) is 1. The van der Waals surface area contributed by atoms with Gasteiger partial charge in [-0.15, -0.1) is 0 Å². The van der Waals surface area contributed by atoms with Crippen LogP contribution in [-0.4, -0.2) is 40.5 Å². The maximum Gasteiger partial charge on any atom is 0.306 e. The van der Waals surface area contributed by atoms with Gasteiger partial charge in [0.1, 0.15) is 5.82 Å².